The number of rotatable bonds is 2. The zero-order valence-corrected chi connectivity index (χ0v) is 13.3. The monoisotopic (exact) mass is 331 g/mol. The van der Waals surface area contributed by atoms with Gasteiger partial charge in [-0.2, -0.15) is 0 Å². The van der Waals surface area contributed by atoms with Crippen molar-refractivity contribution < 1.29 is 4.74 Å². The Morgan fingerprint density at radius 1 is 1.15 bits per heavy atom. The second-order valence-electron chi connectivity index (χ2n) is 5.40. The second kappa shape index (κ2) is 5.23. The Morgan fingerprint density at radius 2 is 1.95 bits per heavy atom. The van der Waals surface area contributed by atoms with Crippen molar-refractivity contribution >= 4 is 15.9 Å². The van der Waals surface area contributed by atoms with Crippen molar-refractivity contribution in [1.82, 2.24) is 0 Å². The Kier molecular flexibility index (Phi) is 3.57. The molecule has 0 aromatic heterocycles. The normalized spacial score (nSPS) is 14.8. The van der Waals surface area contributed by atoms with E-state index in [1.807, 2.05) is 6.07 Å². The maximum Gasteiger partial charge on any atom is 0.122 e. The molecule has 0 amide bonds. The molecule has 0 fully saturated rings. The van der Waals surface area contributed by atoms with Crippen molar-refractivity contribution in [2.24, 2.45) is 5.73 Å². The standard InChI is InChI=1S/C17H18BrNO/c1-10-8-15(18)11(2)7-14(10)17(19)13-3-4-16-12(9-13)5-6-20-16/h3-4,7-9,17H,5-6,19H2,1-2H3. The lowest BCUT2D eigenvalue weighted by Crippen LogP contribution is -2.13. The van der Waals surface area contributed by atoms with Gasteiger partial charge in [0.15, 0.2) is 0 Å². The SMILES string of the molecule is Cc1cc(C(N)c2ccc3c(c2)CCO3)c(C)cc1Br. The molecule has 3 heteroatoms. The maximum atomic E-state index is 6.47. The van der Waals surface area contributed by atoms with Crippen molar-refractivity contribution in [3.05, 3.63) is 62.6 Å². The van der Waals surface area contributed by atoms with Crippen LogP contribution in [0.1, 0.15) is 33.9 Å². The summed E-state index contributed by atoms with van der Waals surface area (Å²) in [6, 6.07) is 10.5. The minimum Gasteiger partial charge on any atom is -0.493 e. The second-order valence-corrected chi connectivity index (χ2v) is 6.26. The van der Waals surface area contributed by atoms with Crippen LogP contribution in [0, 0.1) is 13.8 Å². The van der Waals surface area contributed by atoms with Gasteiger partial charge >= 0.3 is 0 Å². The van der Waals surface area contributed by atoms with Gasteiger partial charge in [-0.3, -0.25) is 0 Å². The molecule has 0 bridgehead atoms. The first kappa shape index (κ1) is 13.7. The molecule has 0 saturated carbocycles. The number of nitrogens with two attached hydrogens (primary N) is 1. The molecule has 2 aromatic rings. The lowest BCUT2D eigenvalue weighted by atomic mass is 9.93. The molecule has 1 aliphatic rings. The van der Waals surface area contributed by atoms with Gasteiger partial charge in [0.25, 0.3) is 0 Å². The van der Waals surface area contributed by atoms with Gasteiger partial charge in [0.2, 0.25) is 0 Å². The van der Waals surface area contributed by atoms with Gasteiger partial charge in [0.05, 0.1) is 12.6 Å². The summed E-state index contributed by atoms with van der Waals surface area (Å²) < 4.78 is 6.68. The number of ether oxygens (including phenoxy) is 1. The highest BCUT2D eigenvalue weighted by atomic mass is 79.9. The van der Waals surface area contributed by atoms with Gasteiger partial charge in [-0.15, -0.1) is 0 Å². The highest BCUT2D eigenvalue weighted by molar-refractivity contribution is 9.10. The summed E-state index contributed by atoms with van der Waals surface area (Å²) in [5, 5.41) is 0. The average molecular weight is 332 g/mol. The molecule has 1 atom stereocenters. The Balaban J connectivity index is 2.00. The van der Waals surface area contributed by atoms with E-state index in [1.165, 1.54) is 22.3 Å². The number of benzene rings is 2. The molecule has 0 aliphatic carbocycles. The van der Waals surface area contributed by atoms with Crippen LogP contribution in [0.3, 0.4) is 0 Å². The molecular weight excluding hydrogens is 314 g/mol. The minimum absolute atomic E-state index is 0.0901. The summed E-state index contributed by atoms with van der Waals surface area (Å²) in [7, 11) is 0. The van der Waals surface area contributed by atoms with Crippen LogP contribution in [-0.2, 0) is 6.42 Å². The van der Waals surface area contributed by atoms with E-state index in [2.05, 4.69) is 54.0 Å². The van der Waals surface area contributed by atoms with Crippen LogP contribution in [0.2, 0.25) is 0 Å². The van der Waals surface area contributed by atoms with E-state index < -0.39 is 0 Å². The Morgan fingerprint density at radius 3 is 2.75 bits per heavy atom. The van der Waals surface area contributed by atoms with E-state index in [0.29, 0.717) is 0 Å². The Bertz CT molecular complexity index is 666. The van der Waals surface area contributed by atoms with Crippen LogP contribution in [0.4, 0.5) is 0 Å². The molecule has 20 heavy (non-hydrogen) atoms. The highest BCUT2D eigenvalue weighted by Crippen LogP contribution is 2.32. The van der Waals surface area contributed by atoms with Crippen LogP contribution in [0.25, 0.3) is 0 Å². The molecule has 2 nitrogen and oxygen atoms in total. The summed E-state index contributed by atoms with van der Waals surface area (Å²) in [6.45, 7) is 4.98. The first-order valence-electron chi connectivity index (χ1n) is 6.84. The highest BCUT2D eigenvalue weighted by Gasteiger charge is 2.17. The van der Waals surface area contributed by atoms with Crippen LogP contribution in [0.15, 0.2) is 34.8 Å². The smallest absolute Gasteiger partial charge is 0.122 e. The van der Waals surface area contributed by atoms with Gasteiger partial charge in [-0.05, 0) is 53.8 Å². The van der Waals surface area contributed by atoms with Gasteiger partial charge in [0.1, 0.15) is 5.75 Å². The van der Waals surface area contributed by atoms with Crippen LogP contribution >= 0.6 is 15.9 Å². The zero-order chi connectivity index (χ0) is 14.3. The van der Waals surface area contributed by atoms with Crippen LogP contribution in [-0.4, -0.2) is 6.61 Å². The number of hydrogen-bond acceptors (Lipinski definition) is 2. The third-order valence-electron chi connectivity index (χ3n) is 3.95. The van der Waals surface area contributed by atoms with Crippen molar-refractivity contribution in [3.8, 4) is 5.75 Å². The molecule has 0 radical (unpaired) electrons. The van der Waals surface area contributed by atoms with E-state index in [-0.39, 0.29) is 6.04 Å². The fourth-order valence-corrected chi connectivity index (χ4v) is 3.18. The molecule has 1 aliphatic heterocycles. The van der Waals surface area contributed by atoms with E-state index in [9.17, 15) is 0 Å². The average Bonchev–Trinajstić information content (AvgIpc) is 2.89. The quantitative estimate of drug-likeness (QED) is 0.900. The maximum absolute atomic E-state index is 6.47. The molecule has 0 spiro atoms. The summed E-state index contributed by atoms with van der Waals surface area (Å²) >= 11 is 3.57. The topological polar surface area (TPSA) is 35.2 Å². The van der Waals surface area contributed by atoms with Crippen molar-refractivity contribution in [2.45, 2.75) is 26.3 Å². The summed E-state index contributed by atoms with van der Waals surface area (Å²) in [4.78, 5) is 0. The van der Waals surface area contributed by atoms with Gasteiger partial charge < -0.3 is 10.5 Å². The predicted molar refractivity (Wildman–Crippen MR) is 85.3 cm³/mol. The summed E-state index contributed by atoms with van der Waals surface area (Å²) in [6.07, 6.45) is 0.980. The number of aryl methyl sites for hydroxylation is 2. The number of hydrogen-bond donors (Lipinski definition) is 1. The number of halogens is 1. The molecule has 1 unspecified atom stereocenters. The number of fused-ring (bicyclic) bond motifs is 1. The minimum atomic E-state index is -0.0901. The fraction of sp³-hybridized carbons (Fsp3) is 0.294. The zero-order valence-electron chi connectivity index (χ0n) is 11.7. The largest absolute Gasteiger partial charge is 0.493 e. The molecule has 0 saturated heterocycles. The van der Waals surface area contributed by atoms with Gasteiger partial charge in [-0.1, -0.05) is 34.1 Å². The lowest BCUT2D eigenvalue weighted by Gasteiger charge is -2.17. The summed E-state index contributed by atoms with van der Waals surface area (Å²) in [5.41, 5.74) is 12.5. The first-order valence-corrected chi connectivity index (χ1v) is 7.63. The van der Waals surface area contributed by atoms with Gasteiger partial charge in [0, 0.05) is 10.9 Å². The van der Waals surface area contributed by atoms with Crippen molar-refractivity contribution in [1.29, 1.82) is 0 Å². The molecule has 2 aromatic carbocycles. The van der Waals surface area contributed by atoms with Gasteiger partial charge in [-0.25, -0.2) is 0 Å². The Hall–Kier alpha value is -1.32. The lowest BCUT2D eigenvalue weighted by molar-refractivity contribution is 0.357. The van der Waals surface area contributed by atoms with E-state index in [0.717, 1.165) is 28.8 Å². The van der Waals surface area contributed by atoms with E-state index in [1.54, 1.807) is 0 Å². The molecule has 2 N–H and O–H groups in total. The molecule has 104 valence electrons. The van der Waals surface area contributed by atoms with Crippen LogP contribution < -0.4 is 10.5 Å². The third-order valence-corrected chi connectivity index (χ3v) is 4.81. The Labute approximate surface area is 128 Å². The molecule has 1 heterocycles. The first-order chi connectivity index (χ1) is 9.56. The summed E-state index contributed by atoms with van der Waals surface area (Å²) in [5.74, 6) is 1.00. The predicted octanol–water partition coefficient (Wildman–Crippen LogP) is 4.05. The van der Waals surface area contributed by atoms with E-state index in [4.69, 9.17) is 10.5 Å². The van der Waals surface area contributed by atoms with Crippen molar-refractivity contribution in [3.63, 3.8) is 0 Å². The van der Waals surface area contributed by atoms with Crippen molar-refractivity contribution in [2.75, 3.05) is 6.61 Å². The van der Waals surface area contributed by atoms with Crippen LogP contribution in [0.5, 0.6) is 5.75 Å². The fourth-order valence-electron chi connectivity index (χ4n) is 2.72. The third kappa shape index (κ3) is 2.36. The molecule has 3 rings (SSSR count). The van der Waals surface area contributed by atoms with E-state index >= 15 is 0 Å². The molecular formula is C17H18BrNO.